The Kier molecular flexibility index (Phi) is 7.48. The molecule has 0 aliphatic heterocycles. The number of nitrogens with one attached hydrogen (secondary N) is 1. The van der Waals surface area contributed by atoms with E-state index < -0.39 is 5.54 Å². The zero-order valence-corrected chi connectivity index (χ0v) is 19.5. The zero-order valence-electron chi connectivity index (χ0n) is 19.5. The second-order valence-corrected chi connectivity index (χ2v) is 8.03. The fourth-order valence-electron chi connectivity index (χ4n) is 3.35. The number of benzene rings is 2. The van der Waals surface area contributed by atoms with Crippen LogP contribution in [-0.2, 0) is 16.8 Å². The van der Waals surface area contributed by atoms with Gasteiger partial charge in [-0.1, -0.05) is 36.3 Å². The zero-order chi connectivity index (χ0) is 24.0. The van der Waals surface area contributed by atoms with Gasteiger partial charge < -0.3 is 15.5 Å². The van der Waals surface area contributed by atoms with Crippen molar-refractivity contribution in [2.75, 3.05) is 19.2 Å². The molecule has 8 heteroatoms. The van der Waals surface area contributed by atoms with Crippen LogP contribution in [0.3, 0.4) is 0 Å². The van der Waals surface area contributed by atoms with Crippen molar-refractivity contribution in [3.8, 4) is 23.3 Å². The van der Waals surface area contributed by atoms with E-state index >= 15 is 0 Å². The Balaban J connectivity index is 1.94. The molecular weight excluding hydrogens is 418 g/mol. The average molecular weight is 448 g/mol. The molecular formula is C25H29N5O3. The molecule has 0 radical (unpaired) electrons. The van der Waals surface area contributed by atoms with E-state index in [1.807, 2.05) is 44.2 Å². The van der Waals surface area contributed by atoms with Gasteiger partial charge in [-0.05, 0) is 51.0 Å². The van der Waals surface area contributed by atoms with Crippen LogP contribution in [0.1, 0.15) is 42.6 Å². The minimum atomic E-state index is -0.859. The first-order chi connectivity index (χ1) is 15.7. The number of hydroxylamine groups is 1. The summed E-state index contributed by atoms with van der Waals surface area (Å²) in [6.07, 6.45) is 0.534. The lowest BCUT2D eigenvalue weighted by Crippen LogP contribution is -2.35. The molecule has 0 aliphatic carbocycles. The number of aromatic nitrogens is 2. The van der Waals surface area contributed by atoms with Crippen molar-refractivity contribution in [3.05, 3.63) is 65.5 Å². The van der Waals surface area contributed by atoms with Crippen LogP contribution in [-0.4, -0.2) is 36.3 Å². The summed E-state index contributed by atoms with van der Waals surface area (Å²) in [7, 11) is 3.28. The molecule has 1 amide bonds. The molecule has 1 heterocycles. The third-order valence-electron chi connectivity index (χ3n) is 5.10. The Bertz CT molecular complexity index is 1160. The minimum Gasteiger partial charge on any atom is -0.419 e. The van der Waals surface area contributed by atoms with Gasteiger partial charge in [0.25, 0.3) is 5.91 Å². The highest BCUT2D eigenvalue weighted by Crippen LogP contribution is 2.29. The number of hydrogen-bond acceptors (Lipinski definition) is 7. The van der Waals surface area contributed by atoms with E-state index in [1.165, 1.54) is 5.06 Å². The van der Waals surface area contributed by atoms with E-state index in [-0.39, 0.29) is 17.8 Å². The van der Waals surface area contributed by atoms with Gasteiger partial charge >= 0.3 is 0 Å². The number of amides is 1. The van der Waals surface area contributed by atoms with E-state index in [0.717, 1.165) is 5.56 Å². The summed E-state index contributed by atoms with van der Waals surface area (Å²) >= 11 is 0. The number of nitrogens with two attached hydrogens (primary N) is 1. The smallest absolute Gasteiger partial charge is 0.252 e. The van der Waals surface area contributed by atoms with E-state index in [2.05, 4.69) is 27.4 Å². The third kappa shape index (κ3) is 5.98. The molecule has 0 saturated heterocycles. The third-order valence-corrected chi connectivity index (χ3v) is 5.10. The highest BCUT2D eigenvalue weighted by molar-refractivity contribution is 5.96. The van der Waals surface area contributed by atoms with Crippen LogP contribution in [0.4, 0.5) is 5.69 Å². The fraction of sp³-hybridized carbons (Fsp3) is 0.320. The summed E-state index contributed by atoms with van der Waals surface area (Å²) < 4.78 is 5.97. The van der Waals surface area contributed by atoms with Gasteiger partial charge in [0.05, 0.1) is 24.4 Å². The molecule has 172 valence electrons. The molecule has 3 aromatic rings. The molecule has 0 fully saturated rings. The molecule has 8 nitrogen and oxygen atoms in total. The van der Waals surface area contributed by atoms with Gasteiger partial charge in [0.15, 0.2) is 0 Å². The first-order valence-corrected chi connectivity index (χ1v) is 10.6. The normalized spacial score (nSPS) is 13.4. The van der Waals surface area contributed by atoms with Crippen LogP contribution in [0.5, 0.6) is 0 Å². The fourth-order valence-corrected chi connectivity index (χ4v) is 3.35. The molecule has 2 aromatic carbocycles. The second-order valence-electron chi connectivity index (χ2n) is 8.03. The monoisotopic (exact) mass is 447 g/mol. The lowest BCUT2D eigenvalue weighted by molar-refractivity contribution is 0.0948. The van der Waals surface area contributed by atoms with Crippen LogP contribution in [0, 0.1) is 11.8 Å². The summed E-state index contributed by atoms with van der Waals surface area (Å²) in [5, 5.41) is 12.8. The molecule has 3 N–H and O–H groups in total. The van der Waals surface area contributed by atoms with Crippen LogP contribution in [0.15, 0.2) is 52.9 Å². The highest BCUT2D eigenvalue weighted by Gasteiger charge is 2.29. The molecule has 1 unspecified atom stereocenters. The Hall–Kier alpha value is -3.67. The van der Waals surface area contributed by atoms with Crippen LogP contribution < -0.4 is 16.1 Å². The standard InChI is InChI=1S/C25H29N5O3/c1-6-10-17(2)27-22(31)19-13-20(15-21(14-19)30(4)32-5)23-28-29-24(33-23)25(3,26)16-18-11-8-7-9-12-18/h7-9,11-15,17H,16,26H2,1-5H3,(H,27,31)/t17?,25-/m1/s1. The van der Waals surface area contributed by atoms with Gasteiger partial charge in [0.2, 0.25) is 11.8 Å². The number of hydrogen-bond donors (Lipinski definition) is 2. The van der Waals surface area contributed by atoms with Crippen LogP contribution in [0.2, 0.25) is 0 Å². The van der Waals surface area contributed by atoms with Crippen molar-refractivity contribution < 1.29 is 14.0 Å². The average Bonchev–Trinajstić information content (AvgIpc) is 3.30. The molecule has 3 rings (SSSR count). The van der Waals surface area contributed by atoms with E-state index in [9.17, 15) is 4.79 Å². The van der Waals surface area contributed by atoms with Crippen LogP contribution in [0.25, 0.3) is 11.5 Å². The SMILES string of the molecule is CC#CC(C)NC(=O)c1cc(-c2nnc([C@](C)(N)Cc3ccccc3)o2)cc(N(C)OC)c1. The molecule has 33 heavy (non-hydrogen) atoms. The number of nitrogens with zero attached hydrogens (tertiary/aromatic N) is 3. The number of rotatable bonds is 8. The first kappa shape index (κ1) is 24.0. The summed E-state index contributed by atoms with van der Waals surface area (Å²) in [6, 6.07) is 14.8. The maximum atomic E-state index is 12.8. The number of anilines is 1. The van der Waals surface area contributed by atoms with Gasteiger partial charge in [0, 0.05) is 18.2 Å². The van der Waals surface area contributed by atoms with Gasteiger partial charge in [-0.2, -0.15) is 0 Å². The number of carbonyl (C=O) groups excluding carboxylic acids is 1. The largest absolute Gasteiger partial charge is 0.419 e. The van der Waals surface area contributed by atoms with Gasteiger partial charge in [-0.15, -0.1) is 16.1 Å². The predicted octanol–water partition coefficient (Wildman–Crippen LogP) is 3.29. The summed E-state index contributed by atoms with van der Waals surface area (Å²) in [5.74, 6) is 6.00. The Morgan fingerprint density at radius 1 is 1.27 bits per heavy atom. The van der Waals surface area contributed by atoms with E-state index in [0.29, 0.717) is 29.1 Å². The molecule has 0 bridgehead atoms. The molecule has 1 aromatic heterocycles. The maximum absolute atomic E-state index is 12.8. The van der Waals surface area contributed by atoms with Crippen molar-refractivity contribution in [1.29, 1.82) is 0 Å². The number of carbonyl (C=O) groups is 1. The predicted molar refractivity (Wildman–Crippen MR) is 127 cm³/mol. The highest BCUT2D eigenvalue weighted by atomic mass is 16.7. The molecule has 2 atom stereocenters. The Morgan fingerprint density at radius 2 is 2.00 bits per heavy atom. The summed E-state index contributed by atoms with van der Waals surface area (Å²) in [6.45, 7) is 5.39. The quantitative estimate of drug-likeness (QED) is 0.403. The van der Waals surface area contributed by atoms with Crippen molar-refractivity contribution in [1.82, 2.24) is 15.5 Å². The van der Waals surface area contributed by atoms with E-state index in [1.54, 1.807) is 39.3 Å². The summed E-state index contributed by atoms with van der Waals surface area (Å²) in [5.41, 5.74) is 8.36. The van der Waals surface area contributed by atoms with Crippen molar-refractivity contribution >= 4 is 11.6 Å². The van der Waals surface area contributed by atoms with Crippen molar-refractivity contribution in [3.63, 3.8) is 0 Å². The lowest BCUT2D eigenvalue weighted by atomic mass is 9.94. The van der Waals surface area contributed by atoms with Crippen molar-refractivity contribution in [2.45, 2.75) is 38.8 Å². The summed E-state index contributed by atoms with van der Waals surface area (Å²) in [4.78, 5) is 18.1. The van der Waals surface area contributed by atoms with E-state index in [4.69, 9.17) is 15.0 Å². The minimum absolute atomic E-state index is 0.261. The van der Waals surface area contributed by atoms with Crippen molar-refractivity contribution in [2.24, 2.45) is 5.73 Å². The maximum Gasteiger partial charge on any atom is 0.252 e. The molecule has 0 spiro atoms. The second kappa shape index (κ2) is 10.3. The topological polar surface area (TPSA) is 107 Å². The van der Waals surface area contributed by atoms with Crippen LogP contribution >= 0.6 is 0 Å². The first-order valence-electron chi connectivity index (χ1n) is 10.6. The van der Waals surface area contributed by atoms with Gasteiger partial charge in [-0.25, -0.2) is 0 Å². The lowest BCUT2D eigenvalue weighted by Gasteiger charge is -2.20. The Morgan fingerprint density at radius 3 is 2.67 bits per heavy atom. The Labute approximate surface area is 194 Å². The van der Waals surface area contributed by atoms with Gasteiger partial charge in [-0.3, -0.25) is 14.7 Å². The molecule has 0 saturated carbocycles. The molecule has 0 aliphatic rings. The van der Waals surface area contributed by atoms with Gasteiger partial charge in [0.1, 0.15) is 0 Å².